The maximum Gasteiger partial charge on any atom is 0.431 e. The summed E-state index contributed by atoms with van der Waals surface area (Å²) in [5.41, 5.74) is 3.07. The zero-order valence-electron chi connectivity index (χ0n) is 18.3. The number of alkyl halides is 3. The third kappa shape index (κ3) is 3.67. The summed E-state index contributed by atoms with van der Waals surface area (Å²) in [5.74, 6) is 1.56. The molecule has 3 aromatic rings. The first-order valence-corrected chi connectivity index (χ1v) is 11.5. The van der Waals surface area contributed by atoms with Crippen LogP contribution in [0.1, 0.15) is 34.8 Å². The molecule has 4 atom stereocenters. The van der Waals surface area contributed by atoms with Crippen LogP contribution >= 0.6 is 0 Å². The highest BCUT2D eigenvalue weighted by molar-refractivity contribution is 5.88. The molecule has 1 aliphatic carbocycles. The summed E-state index contributed by atoms with van der Waals surface area (Å²) in [6, 6.07) is 7.75. The predicted molar refractivity (Wildman–Crippen MR) is 118 cm³/mol. The molecular formula is C24H26F3N5O. The van der Waals surface area contributed by atoms with Crippen molar-refractivity contribution < 1.29 is 17.9 Å². The van der Waals surface area contributed by atoms with Crippen LogP contribution in [0.15, 0.2) is 30.6 Å². The number of rotatable bonds is 3. The first kappa shape index (κ1) is 20.9. The van der Waals surface area contributed by atoms with Crippen LogP contribution in [-0.2, 0) is 17.3 Å². The Balaban J connectivity index is 1.38. The van der Waals surface area contributed by atoms with Crippen LogP contribution in [0.5, 0.6) is 0 Å². The summed E-state index contributed by atoms with van der Waals surface area (Å²) in [5, 5.41) is 3.90. The van der Waals surface area contributed by atoms with Crippen LogP contribution in [0.3, 0.4) is 0 Å². The number of likely N-dealkylation sites (tertiary alicyclic amines) is 1. The van der Waals surface area contributed by atoms with Gasteiger partial charge in [-0.05, 0) is 37.0 Å². The number of benzene rings is 1. The van der Waals surface area contributed by atoms with Crippen molar-refractivity contribution in [3.05, 3.63) is 53.0 Å². The Morgan fingerprint density at radius 1 is 1.12 bits per heavy atom. The van der Waals surface area contributed by atoms with Crippen molar-refractivity contribution in [1.29, 1.82) is 0 Å². The van der Waals surface area contributed by atoms with Gasteiger partial charge in [0, 0.05) is 31.0 Å². The molecule has 0 saturated carbocycles. The van der Waals surface area contributed by atoms with E-state index in [0.717, 1.165) is 45.2 Å². The number of aromatic amines is 1. The number of nitrogens with zero attached hydrogens (tertiary/aromatic N) is 3. The lowest BCUT2D eigenvalue weighted by molar-refractivity contribution is -0.140. The minimum atomic E-state index is -4.47. The van der Waals surface area contributed by atoms with Crippen LogP contribution < -0.4 is 5.32 Å². The van der Waals surface area contributed by atoms with E-state index in [1.54, 1.807) is 0 Å². The van der Waals surface area contributed by atoms with Gasteiger partial charge in [0.1, 0.15) is 23.5 Å². The molecule has 1 aromatic carbocycles. The quantitative estimate of drug-likeness (QED) is 0.613. The van der Waals surface area contributed by atoms with Gasteiger partial charge in [-0.2, -0.15) is 13.2 Å². The number of hydrogen-bond acceptors (Lipinski definition) is 5. The lowest BCUT2D eigenvalue weighted by atomic mass is 9.82. The second-order valence-electron chi connectivity index (χ2n) is 9.61. The lowest BCUT2D eigenvalue weighted by Gasteiger charge is -2.40. The highest BCUT2D eigenvalue weighted by atomic mass is 19.4. The molecule has 2 fully saturated rings. The fraction of sp³-hybridized carbons (Fsp3) is 0.500. The van der Waals surface area contributed by atoms with Crippen LogP contribution in [0.2, 0.25) is 0 Å². The van der Waals surface area contributed by atoms with Gasteiger partial charge in [0.2, 0.25) is 0 Å². The lowest BCUT2D eigenvalue weighted by Crippen LogP contribution is -2.44. The van der Waals surface area contributed by atoms with Crippen molar-refractivity contribution in [3.8, 4) is 0 Å². The number of aryl methyl sites for hydroxylation is 2. The molecule has 6 nitrogen and oxygen atoms in total. The van der Waals surface area contributed by atoms with E-state index < -0.39 is 11.9 Å². The number of fused-ring (bicyclic) bond motifs is 3. The molecule has 2 saturated heterocycles. The van der Waals surface area contributed by atoms with Gasteiger partial charge in [0.15, 0.2) is 0 Å². The Hall–Kier alpha value is -2.65. The monoisotopic (exact) mass is 457 g/mol. The fourth-order valence-corrected chi connectivity index (χ4v) is 5.85. The second-order valence-corrected chi connectivity index (χ2v) is 9.61. The van der Waals surface area contributed by atoms with Gasteiger partial charge in [0.25, 0.3) is 0 Å². The van der Waals surface area contributed by atoms with E-state index in [-0.39, 0.29) is 17.7 Å². The van der Waals surface area contributed by atoms with Gasteiger partial charge in [-0.25, -0.2) is 9.97 Å². The van der Waals surface area contributed by atoms with Crippen molar-refractivity contribution in [1.82, 2.24) is 19.9 Å². The van der Waals surface area contributed by atoms with E-state index in [1.165, 1.54) is 23.0 Å². The molecule has 0 spiro atoms. The Bertz CT molecular complexity index is 1180. The minimum Gasteiger partial charge on any atom is -0.381 e. The van der Waals surface area contributed by atoms with E-state index in [9.17, 15) is 13.2 Å². The highest BCUT2D eigenvalue weighted by Gasteiger charge is 2.43. The molecule has 4 unspecified atom stereocenters. The normalized spacial score (nSPS) is 27.6. The predicted octanol–water partition coefficient (Wildman–Crippen LogP) is 4.33. The number of hydrogen-bond donors (Lipinski definition) is 2. The zero-order chi connectivity index (χ0) is 22.7. The molecular weight excluding hydrogens is 431 g/mol. The number of H-pyrrole nitrogens is 1. The second kappa shape index (κ2) is 7.70. The van der Waals surface area contributed by atoms with Gasteiger partial charge in [-0.3, -0.25) is 4.90 Å². The average molecular weight is 458 g/mol. The highest BCUT2D eigenvalue weighted by Crippen LogP contribution is 2.41. The molecule has 2 aromatic heterocycles. The Kier molecular flexibility index (Phi) is 4.88. The van der Waals surface area contributed by atoms with E-state index in [1.807, 2.05) is 0 Å². The van der Waals surface area contributed by atoms with Crippen molar-refractivity contribution in [2.75, 3.05) is 31.6 Å². The van der Waals surface area contributed by atoms with E-state index in [4.69, 9.17) is 4.74 Å². The smallest absolute Gasteiger partial charge is 0.381 e. The molecule has 6 rings (SSSR count). The maximum atomic E-state index is 13.3. The SMILES string of the molecule is Cc1ccc2c(c1)CCC(N1CC3COCC3C1)C2Nc1ncnc2[nH]c(C(F)(F)F)cc12. The standard InChI is InChI=1S/C24H26F3N5O/c1-13-2-4-17-14(6-13)3-5-19(32-8-15-10-33-11-16(15)9-32)21(17)31-23-18-7-20(24(25,26)27)30-22(18)28-12-29-23/h2,4,6-7,12,15-16,19,21H,3,5,8-11H2,1H3,(H2,28,29,30,31). The first-order chi connectivity index (χ1) is 15.9. The maximum absolute atomic E-state index is 13.3. The van der Waals surface area contributed by atoms with E-state index in [0.29, 0.717) is 23.0 Å². The zero-order valence-corrected chi connectivity index (χ0v) is 18.3. The summed E-state index contributed by atoms with van der Waals surface area (Å²) >= 11 is 0. The fourth-order valence-electron chi connectivity index (χ4n) is 5.85. The molecule has 0 amide bonds. The van der Waals surface area contributed by atoms with Crippen LogP contribution in [-0.4, -0.2) is 52.2 Å². The van der Waals surface area contributed by atoms with Crippen LogP contribution in [0.25, 0.3) is 11.0 Å². The minimum absolute atomic E-state index is 0.0727. The number of aromatic nitrogens is 3. The van der Waals surface area contributed by atoms with Crippen molar-refractivity contribution in [2.24, 2.45) is 11.8 Å². The van der Waals surface area contributed by atoms with E-state index >= 15 is 0 Å². The molecule has 174 valence electrons. The summed E-state index contributed by atoms with van der Waals surface area (Å²) in [7, 11) is 0. The Labute approximate surface area is 189 Å². The Morgan fingerprint density at radius 3 is 2.67 bits per heavy atom. The van der Waals surface area contributed by atoms with Crippen LogP contribution in [0, 0.1) is 18.8 Å². The molecule has 33 heavy (non-hydrogen) atoms. The summed E-state index contributed by atoms with van der Waals surface area (Å²) < 4.78 is 45.6. The van der Waals surface area contributed by atoms with Gasteiger partial charge in [-0.1, -0.05) is 23.8 Å². The largest absolute Gasteiger partial charge is 0.431 e. The van der Waals surface area contributed by atoms with Crippen molar-refractivity contribution in [2.45, 2.75) is 38.0 Å². The summed E-state index contributed by atoms with van der Waals surface area (Å²) in [6.07, 6.45) is -1.18. The van der Waals surface area contributed by atoms with Crippen molar-refractivity contribution >= 4 is 16.9 Å². The third-order valence-electron chi connectivity index (χ3n) is 7.49. The molecule has 4 heterocycles. The third-order valence-corrected chi connectivity index (χ3v) is 7.49. The number of ether oxygens (including phenoxy) is 1. The number of anilines is 1. The molecule has 9 heteroatoms. The number of nitrogens with one attached hydrogen (secondary N) is 2. The van der Waals surface area contributed by atoms with E-state index in [2.05, 4.69) is 50.3 Å². The topological polar surface area (TPSA) is 66.1 Å². The molecule has 2 aliphatic heterocycles. The first-order valence-electron chi connectivity index (χ1n) is 11.5. The van der Waals surface area contributed by atoms with Crippen molar-refractivity contribution in [3.63, 3.8) is 0 Å². The molecule has 3 aliphatic rings. The van der Waals surface area contributed by atoms with Gasteiger partial charge >= 0.3 is 6.18 Å². The molecule has 0 bridgehead atoms. The van der Waals surface area contributed by atoms with Gasteiger partial charge < -0.3 is 15.0 Å². The van der Waals surface area contributed by atoms with Gasteiger partial charge in [0.05, 0.1) is 24.6 Å². The van der Waals surface area contributed by atoms with Gasteiger partial charge in [-0.15, -0.1) is 0 Å². The molecule has 0 radical (unpaired) electrons. The summed E-state index contributed by atoms with van der Waals surface area (Å²) in [4.78, 5) is 13.3. The summed E-state index contributed by atoms with van der Waals surface area (Å²) in [6.45, 7) is 5.71. The number of halogens is 3. The average Bonchev–Trinajstić information content (AvgIpc) is 3.48. The Morgan fingerprint density at radius 2 is 1.91 bits per heavy atom. The molecule has 2 N–H and O–H groups in total. The van der Waals surface area contributed by atoms with Crippen LogP contribution in [0.4, 0.5) is 19.0 Å².